The number of Topliss-reactive ketones (excluding diaryl/α,β-unsaturated/α-hetero) is 1. The first-order chi connectivity index (χ1) is 17.2. The zero-order valence-corrected chi connectivity index (χ0v) is 20.1. The second-order valence-corrected chi connectivity index (χ2v) is 9.01. The summed E-state index contributed by atoms with van der Waals surface area (Å²) in [5.74, 6) is 0.275. The molecule has 1 aromatic heterocycles. The molecule has 2 aromatic carbocycles. The van der Waals surface area contributed by atoms with E-state index < -0.39 is 0 Å². The average molecular weight is 468 g/mol. The van der Waals surface area contributed by atoms with Gasteiger partial charge in [-0.15, -0.1) is 0 Å². The molecular weight excluding hydrogens is 434 g/mol. The van der Waals surface area contributed by atoms with Gasteiger partial charge in [0.25, 0.3) is 0 Å². The summed E-state index contributed by atoms with van der Waals surface area (Å²) in [6.45, 7) is 3.57. The molecule has 1 saturated heterocycles. The molecule has 1 amide bonds. The van der Waals surface area contributed by atoms with Crippen LogP contribution in [0.3, 0.4) is 0 Å². The number of carbonyl (C=O) groups excluding carboxylic acids is 2. The van der Waals surface area contributed by atoms with Crippen LogP contribution < -0.4 is 5.32 Å². The molecule has 5 heteroatoms. The van der Waals surface area contributed by atoms with E-state index in [1.54, 1.807) is 24.5 Å². The molecule has 1 aliphatic heterocycles. The van der Waals surface area contributed by atoms with Gasteiger partial charge in [-0.25, -0.2) is 0 Å². The van der Waals surface area contributed by atoms with Crippen molar-refractivity contribution in [3.05, 3.63) is 96.3 Å². The predicted octanol–water partition coefficient (Wildman–Crippen LogP) is 5.25. The van der Waals surface area contributed by atoms with Crippen molar-refractivity contribution in [2.45, 2.75) is 25.7 Å². The summed E-state index contributed by atoms with van der Waals surface area (Å²) in [6, 6.07) is 21.9. The van der Waals surface area contributed by atoms with Crippen LogP contribution in [0.1, 0.15) is 41.6 Å². The first-order valence-corrected chi connectivity index (χ1v) is 12.5. The number of carbonyl (C=O) groups is 2. The van der Waals surface area contributed by atoms with Crippen molar-refractivity contribution in [3.8, 4) is 11.1 Å². The quantitative estimate of drug-likeness (QED) is 0.251. The van der Waals surface area contributed by atoms with Crippen LogP contribution in [0.2, 0.25) is 0 Å². The van der Waals surface area contributed by atoms with E-state index in [0.717, 1.165) is 67.6 Å². The summed E-state index contributed by atoms with van der Waals surface area (Å²) in [5, 5.41) is 2.94. The van der Waals surface area contributed by atoms with E-state index in [2.05, 4.69) is 27.3 Å². The van der Waals surface area contributed by atoms with Gasteiger partial charge in [0.05, 0.1) is 0 Å². The second-order valence-electron chi connectivity index (χ2n) is 9.01. The molecule has 180 valence electrons. The van der Waals surface area contributed by atoms with Gasteiger partial charge in [0, 0.05) is 36.5 Å². The number of hydrogen-bond donors (Lipinski definition) is 1. The Hall–Kier alpha value is -3.57. The van der Waals surface area contributed by atoms with Gasteiger partial charge in [0.15, 0.2) is 5.78 Å². The lowest BCUT2D eigenvalue weighted by Crippen LogP contribution is -2.37. The maximum Gasteiger partial charge on any atom is 0.243 e. The zero-order chi connectivity index (χ0) is 24.3. The summed E-state index contributed by atoms with van der Waals surface area (Å²) < 4.78 is 0. The SMILES string of the molecule is O=C(/C=C\c1cccnc1)NCCCCN1CCC(C(=O)c2ccccc2-c2ccccc2)CC1. The minimum Gasteiger partial charge on any atom is -0.353 e. The largest absolute Gasteiger partial charge is 0.353 e. The number of pyridine rings is 1. The summed E-state index contributed by atoms with van der Waals surface area (Å²) in [7, 11) is 0. The molecule has 0 atom stereocenters. The van der Waals surface area contributed by atoms with E-state index in [0.29, 0.717) is 6.54 Å². The molecule has 1 aliphatic rings. The van der Waals surface area contributed by atoms with E-state index in [9.17, 15) is 9.59 Å². The van der Waals surface area contributed by atoms with Crippen molar-refractivity contribution in [1.29, 1.82) is 0 Å². The molecular formula is C30H33N3O2. The molecule has 1 N–H and O–H groups in total. The van der Waals surface area contributed by atoms with Crippen LogP contribution in [0.15, 0.2) is 85.2 Å². The van der Waals surface area contributed by atoms with Gasteiger partial charge in [-0.2, -0.15) is 0 Å². The lowest BCUT2D eigenvalue weighted by molar-refractivity contribution is -0.116. The lowest BCUT2D eigenvalue weighted by atomic mass is 9.85. The van der Waals surface area contributed by atoms with Crippen molar-refractivity contribution < 1.29 is 9.59 Å². The molecule has 2 heterocycles. The van der Waals surface area contributed by atoms with Crippen molar-refractivity contribution in [2.24, 2.45) is 5.92 Å². The summed E-state index contributed by atoms with van der Waals surface area (Å²) in [4.78, 5) is 31.8. The van der Waals surface area contributed by atoms with Crippen molar-refractivity contribution in [1.82, 2.24) is 15.2 Å². The zero-order valence-electron chi connectivity index (χ0n) is 20.1. The highest BCUT2D eigenvalue weighted by Crippen LogP contribution is 2.29. The van der Waals surface area contributed by atoms with Gasteiger partial charge in [-0.05, 0) is 74.2 Å². The Morgan fingerprint density at radius 2 is 1.71 bits per heavy atom. The van der Waals surface area contributed by atoms with Gasteiger partial charge in [0.2, 0.25) is 5.91 Å². The Labute approximate surface area is 207 Å². The van der Waals surface area contributed by atoms with E-state index in [1.165, 1.54) is 0 Å². The van der Waals surface area contributed by atoms with E-state index >= 15 is 0 Å². The number of ketones is 1. The molecule has 0 unspecified atom stereocenters. The first kappa shape index (κ1) is 24.6. The molecule has 0 bridgehead atoms. The van der Waals surface area contributed by atoms with E-state index in [1.807, 2.05) is 54.6 Å². The number of amides is 1. The molecule has 0 aliphatic carbocycles. The molecule has 0 saturated carbocycles. The Morgan fingerprint density at radius 1 is 0.943 bits per heavy atom. The molecule has 0 spiro atoms. The second kappa shape index (κ2) is 12.8. The summed E-state index contributed by atoms with van der Waals surface area (Å²) in [5.41, 5.74) is 3.87. The standard InChI is InChI=1S/C30H33N3O2/c34-29(15-14-24-9-8-18-31-23-24)32-19-6-7-20-33-21-16-26(17-22-33)30(35)28-13-5-4-12-27(28)25-10-2-1-3-11-25/h1-5,8-15,18,23,26H,6-7,16-17,19-22H2,(H,32,34)/b15-14-. The normalized spacial score (nSPS) is 14.7. The molecule has 1 fully saturated rings. The minimum absolute atomic E-state index is 0.0797. The number of rotatable bonds is 10. The lowest BCUT2D eigenvalue weighted by Gasteiger charge is -2.31. The highest BCUT2D eigenvalue weighted by molar-refractivity contribution is 6.03. The number of benzene rings is 2. The number of nitrogens with one attached hydrogen (secondary N) is 1. The topological polar surface area (TPSA) is 62.3 Å². The van der Waals surface area contributed by atoms with Gasteiger partial charge in [0.1, 0.15) is 0 Å². The van der Waals surface area contributed by atoms with E-state index in [4.69, 9.17) is 0 Å². The van der Waals surface area contributed by atoms with Crippen molar-refractivity contribution in [2.75, 3.05) is 26.2 Å². The van der Waals surface area contributed by atoms with Gasteiger partial charge >= 0.3 is 0 Å². The van der Waals surface area contributed by atoms with E-state index in [-0.39, 0.29) is 17.6 Å². The summed E-state index contributed by atoms with van der Waals surface area (Å²) in [6.07, 6.45) is 10.5. The number of nitrogens with zero attached hydrogens (tertiary/aromatic N) is 2. The maximum atomic E-state index is 13.3. The van der Waals surface area contributed by atoms with Crippen LogP contribution in [0.25, 0.3) is 17.2 Å². The number of piperidine rings is 1. The highest BCUT2D eigenvalue weighted by Gasteiger charge is 2.27. The Balaban J connectivity index is 1.17. The third kappa shape index (κ3) is 7.20. The smallest absolute Gasteiger partial charge is 0.243 e. The Bertz CT molecular complexity index is 1120. The molecule has 3 aromatic rings. The summed E-state index contributed by atoms with van der Waals surface area (Å²) >= 11 is 0. The van der Waals surface area contributed by atoms with Crippen molar-refractivity contribution >= 4 is 17.8 Å². The van der Waals surface area contributed by atoms with Gasteiger partial charge in [-0.1, -0.05) is 60.7 Å². The molecule has 0 radical (unpaired) electrons. The fraction of sp³-hybridized carbons (Fsp3) is 0.300. The number of likely N-dealkylation sites (tertiary alicyclic amines) is 1. The highest BCUT2D eigenvalue weighted by atomic mass is 16.1. The molecule has 4 rings (SSSR count). The van der Waals surface area contributed by atoms with Crippen LogP contribution in [0, 0.1) is 5.92 Å². The van der Waals surface area contributed by atoms with Crippen LogP contribution in [-0.4, -0.2) is 47.8 Å². The van der Waals surface area contributed by atoms with Crippen LogP contribution in [-0.2, 0) is 4.79 Å². The number of aromatic nitrogens is 1. The fourth-order valence-electron chi connectivity index (χ4n) is 4.58. The third-order valence-electron chi connectivity index (χ3n) is 6.55. The Kier molecular flexibility index (Phi) is 8.96. The number of unbranched alkanes of at least 4 members (excludes halogenated alkanes) is 1. The molecule has 35 heavy (non-hydrogen) atoms. The number of hydrogen-bond acceptors (Lipinski definition) is 4. The predicted molar refractivity (Wildman–Crippen MR) is 141 cm³/mol. The van der Waals surface area contributed by atoms with Crippen LogP contribution >= 0.6 is 0 Å². The fourth-order valence-corrected chi connectivity index (χ4v) is 4.58. The molecule has 5 nitrogen and oxygen atoms in total. The average Bonchev–Trinajstić information content (AvgIpc) is 2.93. The van der Waals surface area contributed by atoms with Crippen molar-refractivity contribution in [3.63, 3.8) is 0 Å². The Morgan fingerprint density at radius 3 is 2.49 bits per heavy atom. The van der Waals surface area contributed by atoms with Gasteiger partial charge < -0.3 is 10.2 Å². The first-order valence-electron chi connectivity index (χ1n) is 12.5. The minimum atomic E-state index is -0.0797. The van der Waals surface area contributed by atoms with Gasteiger partial charge in [-0.3, -0.25) is 14.6 Å². The monoisotopic (exact) mass is 467 g/mol. The third-order valence-corrected chi connectivity index (χ3v) is 6.55. The maximum absolute atomic E-state index is 13.3. The van der Waals surface area contributed by atoms with Crippen LogP contribution in [0.4, 0.5) is 0 Å². The van der Waals surface area contributed by atoms with Crippen LogP contribution in [0.5, 0.6) is 0 Å².